The number of fused-ring (bicyclic) bond motifs is 3. The minimum Gasteiger partial charge on any atom is -0.340 e. The molecule has 1 aromatic heterocycles. The van der Waals surface area contributed by atoms with Crippen LogP contribution in [0, 0.1) is 17.6 Å². The third kappa shape index (κ3) is 5.50. The summed E-state index contributed by atoms with van der Waals surface area (Å²) in [6.07, 6.45) is -7.60. The molecule has 0 aliphatic carbocycles. The van der Waals surface area contributed by atoms with Gasteiger partial charge in [-0.3, -0.25) is 9.48 Å². The molecule has 3 heterocycles. The van der Waals surface area contributed by atoms with Crippen molar-refractivity contribution in [3.8, 4) is 0 Å². The number of aromatic nitrogens is 2. The lowest BCUT2D eigenvalue weighted by molar-refractivity contribution is -0.142. The van der Waals surface area contributed by atoms with Crippen LogP contribution in [0.4, 0.5) is 41.2 Å². The van der Waals surface area contributed by atoms with Crippen molar-refractivity contribution < 1.29 is 40.3 Å². The highest BCUT2D eigenvalue weighted by molar-refractivity contribution is 5.95. The Morgan fingerprint density at radius 1 is 1.22 bits per heavy atom. The molecule has 0 unspecified atom stereocenters. The molecule has 0 radical (unpaired) electrons. The molecule has 4 rings (SSSR count). The molecule has 2 aliphatic heterocycles. The van der Waals surface area contributed by atoms with E-state index in [1.165, 1.54) is 14.5 Å². The predicted octanol–water partition coefficient (Wildman–Crippen LogP) is 3.33. The van der Waals surface area contributed by atoms with Gasteiger partial charge in [-0.25, -0.2) is 22.4 Å². The number of carbonyl (C=O) groups is 2. The van der Waals surface area contributed by atoms with E-state index in [0.717, 1.165) is 0 Å². The molecule has 37 heavy (non-hydrogen) atoms. The number of amides is 3. The summed E-state index contributed by atoms with van der Waals surface area (Å²) in [5.74, 6) is -4.34. The maximum atomic E-state index is 14.4. The van der Waals surface area contributed by atoms with Gasteiger partial charge in [0.05, 0.1) is 24.5 Å². The molecule has 2 aromatic rings. The lowest BCUT2D eigenvalue weighted by Crippen LogP contribution is -2.40. The van der Waals surface area contributed by atoms with E-state index in [2.05, 4.69) is 10.4 Å². The van der Waals surface area contributed by atoms with Crippen LogP contribution in [-0.2, 0) is 25.7 Å². The lowest BCUT2D eigenvalue weighted by atomic mass is 10.0. The van der Waals surface area contributed by atoms with Crippen molar-refractivity contribution in [3.63, 3.8) is 0 Å². The Morgan fingerprint density at radius 2 is 1.95 bits per heavy atom. The summed E-state index contributed by atoms with van der Waals surface area (Å²) in [4.78, 5) is 28.5. The summed E-state index contributed by atoms with van der Waals surface area (Å²) in [6, 6.07) is 0.168. The fourth-order valence-electron chi connectivity index (χ4n) is 4.55. The Labute approximate surface area is 206 Å². The third-order valence-electron chi connectivity index (χ3n) is 6.25. The van der Waals surface area contributed by atoms with Gasteiger partial charge in [-0.1, -0.05) is 0 Å². The molecule has 0 fully saturated rings. The van der Waals surface area contributed by atoms with Crippen LogP contribution < -0.4 is 10.6 Å². The highest BCUT2D eigenvalue weighted by Crippen LogP contribution is 2.36. The van der Waals surface area contributed by atoms with Crippen molar-refractivity contribution in [1.82, 2.24) is 24.9 Å². The number of rotatable bonds is 5. The van der Waals surface area contributed by atoms with Crippen molar-refractivity contribution in [1.29, 1.82) is 0 Å². The van der Waals surface area contributed by atoms with Gasteiger partial charge in [0, 0.05) is 51.1 Å². The molecule has 0 saturated carbocycles. The average molecular weight is 536 g/mol. The van der Waals surface area contributed by atoms with E-state index in [1.807, 2.05) is 5.32 Å². The van der Waals surface area contributed by atoms with Crippen LogP contribution in [-0.4, -0.2) is 71.2 Å². The summed E-state index contributed by atoms with van der Waals surface area (Å²) in [5, 5.41) is 9.19. The minimum atomic E-state index is -5.30. The normalized spacial score (nSPS) is 18.1. The first kappa shape index (κ1) is 26.7. The summed E-state index contributed by atoms with van der Waals surface area (Å²) in [5.41, 5.74) is -1.74. The summed E-state index contributed by atoms with van der Waals surface area (Å²) >= 11 is 0. The first-order valence-electron chi connectivity index (χ1n) is 11.3. The number of alkyl halides is 5. The summed E-state index contributed by atoms with van der Waals surface area (Å²) < 4.78 is 93.5. The quantitative estimate of drug-likeness (QED) is 0.575. The van der Waals surface area contributed by atoms with E-state index < -0.39 is 48.1 Å². The minimum absolute atomic E-state index is 0.0770. The highest BCUT2D eigenvalue weighted by atomic mass is 19.4. The van der Waals surface area contributed by atoms with Gasteiger partial charge >= 0.3 is 12.2 Å². The van der Waals surface area contributed by atoms with Gasteiger partial charge in [0.25, 0.3) is 12.3 Å². The molecular formula is C22H23F7N6O2. The first-order chi connectivity index (χ1) is 17.4. The van der Waals surface area contributed by atoms with Gasteiger partial charge in [0.1, 0.15) is 17.1 Å². The number of urea groups is 1. The smallest absolute Gasteiger partial charge is 0.340 e. The van der Waals surface area contributed by atoms with Crippen molar-refractivity contribution in [3.05, 3.63) is 46.3 Å². The Bertz CT molecular complexity index is 1200. The molecule has 2 N–H and O–H groups in total. The van der Waals surface area contributed by atoms with Crippen LogP contribution in [0.15, 0.2) is 12.1 Å². The molecule has 3 amide bonds. The molecule has 1 atom stereocenters. The SMILES string of the molecule is CN1C[C@H](CNCC(F)F)Cn2nc3c(c2C1=O)CN(C(=O)Nc1ccc(F)c(C(F)(F)F)c1F)CC3. The largest absolute Gasteiger partial charge is 0.422 e. The Hall–Kier alpha value is -3.36. The van der Waals surface area contributed by atoms with Gasteiger partial charge in [-0.15, -0.1) is 0 Å². The molecule has 0 saturated heterocycles. The zero-order valence-corrected chi connectivity index (χ0v) is 19.5. The molecule has 0 spiro atoms. The van der Waals surface area contributed by atoms with Crippen LogP contribution in [0.2, 0.25) is 0 Å². The predicted molar refractivity (Wildman–Crippen MR) is 116 cm³/mol. The maximum absolute atomic E-state index is 14.4. The molecule has 8 nitrogen and oxygen atoms in total. The number of nitrogens with one attached hydrogen (secondary N) is 2. The lowest BCUT2D eigenvalue weighted by Gasteiger charge is -2.27. The van der Waals surface area contributed by atoms with Crippen molar-refractivity contribution in [2.75, 3.05) is 38.5 Å². The summed E-state index contributed by atoms with van der Waals surface area (Å²) in [7, 11) is 1.56. The molecule has 0 bridgehead atoms. The Balaban J connectivity index is 1.53. The second kappa shape index (κ2) is 10.2. The Morgan fingerprint density at radius 3 is 2.62 bits per heavy atom. The van der Waals surface area contributed by atoms with E-state index in [-0.39, 0.29) is 56.7 Å². The van der Waals surface area contributed by atoms with Crippen molar-refractivity contribution in [2.45, 2.75) is 32.1 Å². The molecule has 1 aromatic carbocycles. The van der Waals surface area contributed by atoms with Gasteiger partial charge < -0.3 is 20.4 Å². The van der Waals surface area contributed by atoms with Crippen molar-refractivity contribution >= 4 is 17.6 Å². The third-order valence-corrected chi connectivity index (χ3v) is 6.25. The van der Waals surface area contributed by atoms with Crippen LogP contribution in [0.3, 0.4) is 0 Å². The zero-order valence-electron chi connectivity index (χ0n) is 19.5. The van der Waals surface area contributed by atoms with Crippen LogP contribution in [0.5, 0.6) is 0 Å². The van der Waals surface area contributed by atoms with E-state index >= 15 is 0 Å². The summed E-state index contributed by atoms with van der Waals surface area (Å²) in [6.45, 7) is 0.237. The molecule has 15 heteroatoms. The van der Waals surface area contributed by atoms with Gasteiger partial charge in [-0.2, -0.15) is 18.3 Å². The fraction of sp³-hybridized carbons (Fsp3) is 0.500. The monoisotopic (exact) mass is 536 g/mol. The maximum Gasteiger partial charge on any atom is 0.422 e. The van der Waals surface area contributed by atoms with Gasteiger partial charge in [0.15, 0.2) is 5.82 Å². The van der Waals surface area contributed by atoms with E-state index in [0.29, 0.717) is 23.4 Å². The standard InChI is InChI=1S/C22H23F7N6O2/c1-33-8-11(6-30-7-16(24)25)9-35-19(20(33)36)12-10-34(5-4-14(12)32-35)21(37)31-15-3-2-13(23)17(18(15)26)22(27,28)29/h2-3,11,16,30H,4-10H2,1H3,(H,31,37)/t11-/m0/s1. The van der Waals surface area contributed by atoms with Crippen LogP contribution in [0.25, 0.3) is 0 Å². The zero-order chi connectivity index (χ0) is 27.1. The second-order valence-corrected chi connectivity index (χ2v) is 8.94. The molecule has 202 valence electrons. The molecule has 2 aliphatic rings. The highest BCUT2D eigenvalue weighted by Gasteiger charge is 2.39. The number of hydrogen-bond donors (Lipinski definition) is 2. The van der Waals surface area contributed by atoms with Gasteiger partial charge in [0.2, 0.25) is 0 Å². The number of anilines is 1. The van der Waals surface area contributed by atoms with Crippen LogP contribution in [0.1, 0.15) is 27.3 Å². The topological polar surface area (TPSA) is 82.5 Å². The van der Waals surface area contributed by atoms with Crippen LogP contribution >= 0.6 is 0 Å². The average Bonchev–Trinajstić information content (AvgIpc) is 3.10. The fourth-order valence-corrected chi connectivity index (χ4v) is 4.55. The second-order valence-electron chi connectivity index (χ2n) is 8.94. The van der Waals surface area contributed by atoms with E-state index in [9.17, 15) is 40.3 Å². The van der Waals surface area contributed by atoms with Crippen molar-refractivity contribution in [2.24, 2.45) is 5.92 Å². The number of carbonyl (C=O) groups excluding carboxylic acids is 2. The van der Waals surface area contributed by atoms with Gasteiger partial charge in [-0.05, 0) is 12.1 Å². The van der Waals surface area contributed by atoms with E-state index in [4.69, 9.17) is 0 Å². The number of halogens is 7. The number of hydrogen-bond acceptors (Lipinski definition) is 4. The van der Waals surface area contributed by atoms with E-state index in [1.54, 1.807) is 7.05 Å². The number of nitrogens with zero attached hydrogens (tertiary/aromatic N) is 4. The Kier molecular flexibility index (Phi) is 7.35. The molecular weight excluding hydrogens is 513 g/mol. The number of benzene rings is 1. The first-order valence-corrected chi connectivity index (χ1v) is 11.3.